The summed E-state index contributed by atoms with van der Waals surface area (Å²) in [6.45, 7) is 5.05. The zero-order valence-electron chi connectivity index (χ0n) is 12.3. The maximum absolute atomic E-state index is 12.0. The number of rotatable bonds is 7. The fourth-order valence-electron chi connectivity index (χ4n) is 2.22. The summed E-state index contributed by atoms with van der Waals surface area (Å²) in [6, 6.07) is 14.3. The molecule has 1 heterocycles. The van der Waals surface area contributed by atoms with Gasteiger partial charge in [0.2, 0.25) is 0 Å². The van der Waals surface area contributed by atoms with E-state index in [0.717, 1.165) is 4.88 Å². The van der Waals surface area contributed by atoms with Crippen LogP contribution in [0.25, 0.3) is 0 Å². The second kappa shape index (κ2) is 7.74. The lowest BCUT2D eigenvalue weighted by Crippen LogP contribution is -2.32. The summed E-state index contributed by atoms with van der Waals surface area (Å²) in [6.07, 6.45) is 0.503. The Labute approximate surface area is 135 Å². The van der Waals surface area contributed by atoms with Gasteiger partial charge in [-0.2, -0.15) is 0 Å². The molecule has 0 bridgehead atoms. The molecule has 2 aromatic rings. The predicted octanol–water partition coefficient (Wildman–Crippen LogP) is 4.76. The second-order valence-corrected chi connectivity index (χ2v) is 6.93. The Morgan fingerprint density at radius 1 is 1.19 bits per heavy atom. The highest BCUT2D eigenvalue weighted by Crippen LogP contribution is 2.22. The van der Waals surface area contributed by atoms with E-state index in [4.69, 9.17) is 11.6 Å². The molecule has 21 heavy (non-hydrogen) atoms. The number of hydrogen-bond acceptors (Lipinski definition) is 3. The van der Waals surface area contributed by atoms with Crippen LogP contribution in [-0.4, -0.2) is 18.4 Å². The number of benzene rings is 1. The standard InChI is InChI=1S/C17H20ClNOS/c1-12(14-6-4-3-5-7-14)13(2)19-11-10-15(20)16-8-9-17(18)21-16/h3-9,12-13,19H,10-11H2,1-2H3. The van der Waals surface area contributed by atoms with Gasteiger partial charge in [0.1, 0.15) is 0 Å². The van der Waals surface area contributed by atoms with Crippen molar-refractivity contribution in [2.24, 2.45) is 0 Å². The number of hydrogen-bond donors (Lipinski definition) is 1. The lowest BCUT2D eigenvalue weighted by atomic mass is 9.94. The molecule has 0 aliphatic heterocycles. The van der Waals surface area contributed by atoms with Gasteiger partial charge in [0, 0.05) is 19.0 Å². The van der Waals surface area contributed by atoms with Gasteiger partial charge in [-0.3, -0.25) is 4.79 Å². The average molecular weight is 322 g/mol. The number of carbonyl (C=O) groups excluding carboxylic acids is 1. The highest BCUT2D eigenvalue weighted by molar-refractivity contribution is 7.18. The molecular formula is C17H20ClNOS. The van der Waals surface area contributed by atoms with Crippen LogP contribution in [0.15, 0.2) is 42.5 Å². The van der Waals surface area contributed by atoms with Gasteiger partial charge < -0.3 is 5.32 Å². The van der Waals surface area contributed by atoms with Crippen LogP contribution >= 0.6 is 22.9 Å². The summed E-state index contributed by atoms with van der Waals surface area (Å²) in [5.74, 6) is 0.566. The van der Waals surface area contributed by atoms with Crippen molar-refractivity contribution >= 4 is 28.7 Å². The van der Waals surface area contributed by atoms with Crippen molar-refractivity contribution in [3.8, 4) is 0 Å². The van der Waals surface area contributed by atoms with E-state index in [1.54, 1.807) is 12.1 Å². The van der Waals surface area contributed by atoms with Gasteiger partial charge in [0.25, 0.3) is 0 Å². The molecule has 2 unspecified atom stereocenters. The van der Waals surface area contributed by atoms with Gasteiger partial charge in [-0.25, -0.2) is 0 Å². The Kier molecular flexibility index (Phi) is 5.97. The second-order valence-electron chi connectivity index (χ2n) is 5.22. The van der Waals surface area contributed by atoms with E-state index < -0.39 is 0 Å². The number of carbonyl (C=O) groups is 1. The maximum atomic E-state index is 12.0. The topological polar surface area (TPSA) is 29.1 Å². The zero-order chi connectivity index (χ0) is 15.2. The molecule has 1 aromatic heterocycles. The Balaban J connectivity index is 1.79. The van der Waals surface area contributed by atoms with Crippen LogP contribution in [0.3, 0.4) is 0 Å². The monoisotopic (exact) mass is 321 g/mol. The summed E-state index contributed by atoms with van der Waals surface area (Å²) >= 11 is 7.19. The fraction of sp³-hybridized carbons (Fsp3) is 0.353. The molecule has 1 aromatic carbocycles. The first-order chi connectivity index (χ1) is 10.1. The molecule has 2 rings (SSSR count). The molecule has 0 saturated carbocycles. The van der Waals surface area contributed by atoms with Crippen molar-refractivity contribution in [1.82, 2.24) is 5.32 Å². The van der Waals surface area contributed by atoms with Gasteiger partial charge in [-0.1, -0.05) is 48.9 Å². The SMILES string of the molecule is CC(NCCC(=O)c1ccc(Cl)s1)C(C)c1ccccc1. The van der Waals surface area contributed by atoms with Crippen LogP contribution < -0.4 is 5.32 Å². The zero-order valence-corrected chi connectivity index (χ0v) is 13.9. The van der Waals surface area contributed by atoms with Gasteiger partial charge in [-0.05, 0) is 30.5 Å². The largest absolute Gasteiger partial charge is 0.313 e. The van der Waals surface area contributed by atoms with Crippen LogP contribution in [0.4, 0.5) is 0 Å². The molecule has 1 N–H and O–H groups in total. The third-order valence-electron chi connectivity index (χ3n) is 3.74. The third kappa shape index (κ3) is 4.67. The Bertz CT molecular complexity index is 581. The van der Waals surface area contributed by atoms with Crippen molar-refractivity contribution < 1.29 is 4.79 Å². The molecule has 0 radical (unpaired) electrons. The fourth-order valence-corrected chi connectivity index (χ4v) is 3.23. The van der Waals surface area contributed by atoms with E-state index in [-0.39, 0.29) is 5.78 Å². The van der Waals surface area contributed by atoms with E-state index in [2.05, 4.69) is 43.4 Å². The minimum atomic E-state index is 0.152. The van der Waals surface area contributed by atoms with Crippen LogP contribution in [-0.2, 0) is 0 Å². The Morgan fingerprint density at radius 3 is 2.52 bits per heavy atom. The first-order valence-corrected chi connectivity index (χ1v) is 8.34. The first kappa shape index (κ1) is 16.2. The van der Waals surface area contributed by atoms with Crippen molar-refractivity contribution in [3.05, 3.63) is 57.2 Å². The summed E-state index contributed by atoms with van der Waals surface area (Å²) < 4.78 is 0.664. The number of ketones is 1. The first-order valence-electron chi connectivity index (χ1n) is 7.15. The third-order valence-corrected chi connectivity index (χ3v) is 5.01. The molecule has 0 spiro atoms. The van der Waals surface area contributed by atoms with Gasteiger partial charge in [0.15, 0.2) is 5.78 Å². The van der Waals surface area contributed by atoms with Crippen molar-refractivity contribution in [2.45, 2.75) is 32.2 Å². The molecule has 4 heteroatoms. The van der Waals surface area contributed by atoms with Crippen LogP contribution in [0.5, 0.6) is 0 Å². The minimum absolute atomic E-state index is 0.152. The van der Waals surface area contributed by atoms with Crippen molar-refractivity contribution in [3.63, 3.8) is 0 Å². The van der Waals surface area contributed by atoms with Crippen molar-refractivity contribution in [1.29, 1.82) is 0 Å². The van der Waals surface area contributed by atoms with Crippen molar-refractivity contribution in [2.75, 3.05) is 6.54 Å². The summed E-state index contributed by atoms with van der Waals surface area (Å²) in [4.78, 5) is 12.7. The summed E-state index contributed by atoms with van der Waals surface area (Å²) in [5, 5.41) is 3.44. The summed E-state index contributed by atoms with van der Waals surface area (Å²) in [5.41, 5.74) is 1.31. The summed E-state index contributed by atoms with van der Waals surface area (Å²) in [7, 11) is 0. The highest BCUT2D eigenvalue weighted by atomic mass is 35.5. The quantitative estimate of drug-likeness (QED) is 0.745. The lowest BCUT2D eigenvalue weighted by Gasteiger charge is -2.21. The average Bonchev–Trinajstić information content (AvgIpc) is 2.94. The molecule has 0 saturated heterocycles. The molecule has 0 fully saturated rings. The van der Waals surface area contributed by atoms with Crippen LogP contribution in [0.1, 0.15) is 41.4 Å². The van der Waals surface area contributed by atoms with Crippen LogP contribution in [0.2, 0.25) is 4.34 Å². The number of halogens is 1. The maximum Gasteiger partial charge on any atom is 0.174 e. The molecule has 0 amide bonds. The van der Waals surface area contributed by atoms with E-state index in [1.165, 1.54) is 16.9 Å². The van der Waals surface area contributed by atoms with E-state index in [0.29, 0.717) is 29.3 Å². The number of thiophene rings is 1. The number of nitrogens with one attached hydrogen (secondary N) is 1. The number of Topliss-reactive ketones (excluding diaryl/α,β-unsaturated/α-hetero) is 1. The van der Waals surface area contributed by atoms with E-state index in [9.17, 15) is 4.79 Å². The van der Waals surface area contributed by atoms with Gasteiger partial charge in [0.05, 0.1) is 9.21 Å². The van der Waals surface area contributed by atoms with E-state index in [1.807, 2.05) is 6.07 Å². The minimum Gasteiger partial charge on any atom is -0.313 e. The van der Waals surface area contributed by atoms with Gasteiger partial charge in [-0.15, -0.1) is 11.3 Å². The molecule has 2 atom stereocenters. The van der Waals surface area contributed by atoms with Crippen LogP contribution in [0, 0.1) is 0 Å². The Morgan fingerprint density at radius 2 is 1.90 bits per heavy atom. The molecular weight excluding hydrogens is 302 g/mol. The smallest absolute Gasteiger partial charge is 0.174 e. The normalized spacial score (nSPS) is 13.9. The predicted molar refractivity (Wildman–Crippen MR) is 90.6 cm³/mol. The molecule has 0 aliphatic rings. The van der Waals surface area contributed by atoms with Gasteiger partial charge >= 0.3 is 0 Å². The molecule has 112 valence electrons. The highest BCUT2D eigenvalue weighted by Gasteiger charge is 2.14. The lowest BCUT2D eigenvalue weighted by molar-refractivity contribution is 0.0985. The van der Waals surface area contributed by atoms with E-state index >= 15 is 0 Å². The molecule has 2 nitrogen and oxygen atoms in total. The molecule has 0 aliphatic carbocycles. The Hall–Kier alpha value is -1.16.